The Labute approximate surface area is 140 Å². The van der Waals surface area contributed by atoms with Gasteiger partial charge in [-0.2, -0.15) is 0 Å². The van der Waals surface area contributed by atoms with Gasteiger partial charge < -0.3 is 10.2 Å². The third-order valence-corrected chi connectivity index (χ3v) is 5.17. The molecule has 1 atom stereocenters. The highest BCUT2D eigenvalue weighted by Crippen LogP contribution is 2.34. The Bertz CT molecular complexity index is 685. The minimum absolute atomic E-state index is 0.0569. The van der Waals surface area contributed by atoms with Gasteiger partial charge in [0.25, 0.3) is 0 Å². The molecular formula is C16H14Br2N2O. The predicted molar refractivity (Wildman–Crippen MR) is 91.8 cm³/mol. The van der Waals surface area contributed by atoms with E-state index in [4.69, 9.17) is 0 Å². The van der Waals surface area contributed by atoms with Gasteiger partial charge in [-0.25, -0.2) is 4.79 Å². The lowest BCUT2D eigenvalue weighted by molar-refractivity contribution is 0.218. The second-order valence-corrected chi connectivity index (χ2v) is 6.95. The van der Waals surface area contributed by atoms with Gasteiger partial charge in [-0.05, 0) is 34.9 Å². The fraction of sp³-hybridized carbons (Fsp3) is 0.188. The summed E-state index contributed by atoms with van der Waals surface area (Å²) in [6, 6.07) is 14.4. The molecule has 2 amide bonds. The van der Waals surface area contributed by atoms with Gasteiger partial charge in [0.05, 0.1) is 4.83 Å². The molecule has 0 aliphatic carbocycles. The van der Waals surface area contributed by atoms with Crippen molar-refractivity contribution < 1.29 is 4.79 Å². The summed E-state index contributed by atoms with van der Waals surface area (Å²) in [5.74, 6) is 0. The van der Waals surface area contributed by atoms with Crippen LogP contribution in [0.2, 0.25) is 0 Å². The number of nitrogens with zero attached hydrogens (tertiary/aromatic N) is 1. The maximum Gasteiger partial charge on any atom is 0.321 e. The topological polar surface area (TPSA) is 32.3 Å². The molecule has 0 saturated heterocycles. The van der Waals surface area contributed by atoms with Crippen molar-refractivity contribution in [2.45, 2.75) is 11.4 Å². The summed E-state index contributed by atoms with van der Waals surface area (Å²) in [5.41, 5.74) is 4.42. The maximum absolute atomic E-state index is 11.6. The van der Waals surface area contributed by atoms with Crippen molar-refractivity contribution in [3.63, 3.8) is 0 Å². The number of hydrogen-bond donors (Lipinski definition) is 1. The standard InChI is InChI=1S/C16H14Br2N2O/c1-20-9-12-8-11(4-7-14(12)19-16(20)21)15(18)10-2-5-13(17)6-3-10/h2-8,15H,9H2,1H3,(H,19,21). The molecule has 1 N–H and O–H groups in total. The third-order valence-electron chi connectivity index (χ3n) is 3.58. The zero-order valence-corrected chi connectivity index (χ0v) is 14.6. The summed E-state index contributed by atoms with van der Waals surface area (Å²) < 4.78 is 1.07. The van der Waals surface area contributed by atoms with E-state index in [1.165, 1.54) is 11.1 Å². The van der Waals surface area contributed by atoms with Gasteiger partial charge >= 0.3 is 6.03 Å². The van der Waals surface area contributed by atoms with Crippen molar-refractivity contribution in [1.29, 1.82) is 0 Å². The Morgan fingerprint density at radius 2 is 1.81 bits per heavy atom. The van der Waals surface area contributed by atoms with Crippen molar-refractivity contribution in [1.82, 2.24) is 4.90 Å². The van der Waals surface area contributed by atoms with E-state index in [0.29, 0.717) is 6.54 Å². The predicted octanol–water partition coefficient (Wildman–Crippen LogP) is 4.91. The Hall–Kier alpha value is -1.33. The number of anilines is 1. The Morgan fingerprint density at radius 1 is 1.14 bits per heavy atom. The van der Waals surface area contributed by atoms with Crippen molar-refractivity contribution in [3.05, 3.63) is 63.6 Å². The zero-order chi connectivity index (χ0) is 15.0. The molecule has 5 heteroatoms. The number of halogens is 2. The molecule has 0 saturated carbocycles. The first-order valence-electron chi connectivity index (χ1n) is 6.59. The van der Waals surface area contributed by atoms with Gasteiger partial charge in [0.1, 0.15) is 0 Å². The van der Waals surface area contributed by atoms with Crippen molar-refractivity contribution >= 4 is 43.6 Å². The molecule has 2 aromatic carbocycles. The van der Waals surface area contributed by atoms with Crippen LogP contribution in [0.3, 0.4) is 0 Å². The summed E-state index contributed by atoms with van der Waals surface area (Å²) in [5, 5.41) is 2.89. The lowest BCUT2D eigenvalue weighted by Crippen LogP contribution is -2.35. The van der Waals surface area contributed by atoms with Crippen LogP contribution in [0.1, 0.15) is 21.5 Å². The minimum Gasteiger partial charge on any atom is -0.323 e. The summed E-state index contributed by atoms with van der Waals surface area (Å²) in [7, 11) is 1.80. The number of amides is 2. The fourth-order valence-corrected chi connectivity index (χ4v) is 3.24. The van der Waals surface area contributed by atoms with E-state index in [2.05, 4.69) is 55.4 Å². The SMILES string of the molecule is CN1Cc2cc(C(Br)c3ccc(Br)cc3)ccc2NC1=O. The lowest BCUT2D eigenvalue weighted by atomic mass is 10.0. The van der Waals surface area contributed by atoms with E-state index in [0.717, 1.165) is 15.7 Å². The van der Waals surface area contributed by atoms with E-state index in [1.54, 1.807) is 11.9 Å². The lowest BCUT2D eigenvalue weighted by Gasteiger charge is -2.26. The van der Waals surface area contributed by atoms with Crippen molar-refractivity contribution in [2.75, 3.05) is 12.4 Å². The molecule has 1 aliphatic rings. The second-order valence-electron chi connectivity index (χ2n) is 5.12. The van der Waals surface area contributed by atoms with Crippen LogP contribution in [-0.2, 0) is 6.54 Å². The number of hydrogen-bond acceptors (Lipinski definition) is 1. The van der Waals surface area contributed by atoms with E-state index in [1.807, 2.05) is 24.3 Å². The molecular weight excluding hydrogens is 396 g/mol. The molecule has 0 spiro atoms. The molecule has 108 valence electrons. The average molecular weight is 410 g/mol. The van der Waals surface area contributed by atoms with Gasteiger partial charge in [-0.3, -0.25) is 0 Å². The number of alkyl halides is 1. The minimum atomic E-state index is -0.0569. The van der Waals surface area contributed by atoms with E-state index in [-0.39, 0.29) is 10.9 Å². The second kappa shape index (κ2) is 5.81. The first kappa shape index (κ1) is 14.6. The Kier molecular flexibility index (Phi) is 4.04. The molecule has 1 unspecified atom stereocenters. The Morgan fingerprint density at radius 3 is 2.52 bits per heavy atom. The Balaban J connectivity index is 1.91. The van der Waals surface area contributed by atoms with Crippen LogP contribution in [0.25, 0.3) is 0 Å². The normalized spacial score (nSPS) is 15.4. The molecule has 1 heterocycles. The van der Waals surface area contributed by atoms with Gasteiger partial charge in [0, 0.05) is 23.8 Å². The largest absolute Gasteiger partial charge is 0.323 e. The molecule has 21 heavy (non-hydrogen) atoms. The van der Waals surface area contributed by atoms with E-state index < -0.39 is 0 Å². The average Bonchev–Trinajstić information content (AvgIpc) is 2.48. The number of benzene rings is 2. The van der Waals surface area contributed by atoms with Gasteiger partial charge in [-0.15, -0.1) is 0 Å². The highest BCUT2D eigenvalue weighted by molar-refractivity contribution is 9.10. The van der Waals surface area contributed by atoms with Crippen LogP contribution < -0.4 is 5.32 Å². The van der Waals surface area contributed by atoms with Crippen LogP contribution >= 0.6 is 31.9 Å². The fourth-order valence-electron chi connectivity index (χ4n) is 2.39. The first-order valence-corrected chi connectivity index (χ1v) is 8.30. The number of carbonyl (C=O) groups is 1. The molecule has 0 radical (unpaired) electrons. The van der Waals surface area contributed by atoms with E-state index >= 15 is 0 Å². The van der Waals surface area contributed by atoms with Crippen LogP contribution in [0.4, 0.5) is 10.5 Å². The summed E-state index contributed by atoms with van der Waals surface area (Å²) >= 11 is 7.21. The van der Waals surface area contributed by atoms with Crippen molar-refractivity contribution in [2.24, 2.45) is 0 Å². The summed E-state index contributed by atoms with van der Waals surface area (Å²) in [6.45, 7) is 0.634. The summed E-state index contributed by atoms with van der Waals surface area (Å²) in [6.07, 6.45) is 0. The molecule has 0 bridgehead atoms. The van der Waals surface area contributed by atoms with Gasteiger partial charge in [-0.1, -0.05) is 56.1 Å². The smallest absolute Gasteiger partial charge is 0.321 e. The van der Waals surface area contributed by atoms with Crippen LogP contribution in [0, 0.1) is 0 Å². The van der Waals surface area contributed by atoms with Crippen LogP contribution in [0.15, 0.2) is 46.9 Å². The quantitative estimate of drug-likeness (QED) is 0.702. The number of urea groups is 1. The first-order chi connectivity index (χ1) is 10.0. The highest BCUT2D eigenvalue weighted by Gasteiger charge is 2.20. The van der Waals surface area contributed by atoms with E-state index in [9.17, 15) is 4.79 Å². The van der Waals surface area contributed by atoms with Gasteiger partial charge in [0.2, 0.25) is 0 Å². The number of rotatable bonds is 2. The number of fused-ring (bicyclic) bond motifs is 1. The number of nitrogens with one attached hydrogen (secondary N) is 1. The van der Waals surface area contributed by atoms with Crippen molar-refractivity contribution in [3.8, 4) is 0 Å². The third kappa shape index (κ3) is 2.99. The van der Waals surface area contributed by atoms with Crippen LogP contribution in [-0.4, -0.2) is 18.0 Å². The molecule has 2 aromatic rings. The molecule has 0 aromatic heterocycles. The molecule has 3 rings (SSSR count). The van der Waals surface area contributed by atoms with Gasteiger partial charge in [0.15, 0.2) is 0 Å². The number of carbonyl (C=O) groups excluding carboxylic acids is 1. The highest BCUT2D eigenvalue weighted by atomic mass is 79.9. The molecule has 3 nitrogen and oxygen atoms in total. The molecule has 1 aliphatic heterocycles. The maximum atomic E-state index is 11.6. The summed E-state index contributed by atoms with van der Waals surface area (Å²) in [4.78, 5) is 13.4. The zero-order valence-electron chi connectivity index (χ0n) is 11.4. The monoisotopic (exact) mass is 408 g/mol. The van der Waals surface area contributed by atoms with Crippen LogP contribution in [0.5, 0.6) is 0 Å². The molecule has 0 fully saturated rings.